The van der Waals surface area contributed by atoms with Crippen LogP contribution in [0.15, 0.2) is 47.5 Å². The average molecular weight is 534 g/mol. The van der Waals surface area contributed by atoms with Crippen molar-refractivity contribution in [2.75, 3.05) is 33.9 Å². The van der Waals surface area contributed by atoms with Crippen LogP contribution in [-0.2, 0) is 13.1 Å². The fraction of sp³-hybridized carbons (Fsp3) is 0.381. The SMILES string of the molecule is CCNC(=NCc1ccc(OCCO)c(OC)c1)N(C)Cc1ccccc1Cl.I. The Balaban J connectivity index is 0.00000420. The van der Waals surface area contributed by atoms with Crippen LogP contribution in [0.5, 0.6) is 11.5 Å². The van der Waals surface area contributed by atoms with Crippen molar-refractivity contribution in [2.24, 2.45) is 4.99 Å². The summed E-state index contributed by atoms with van der Waals surface area (Å²) in [5.41, 5.74) is 2.04. The van der Waals surface area contributed by atoms with Crippen LogP contribution in [0.25, 0.3) is 0 Å². The summed E-state index contributed by atoms with van der Waals surface area (Å²) in [5, 5.41) is 13.0. The Morgan fingerprint density at radius 3 is 2.62 bits per heavy atom. The Morgan fingerprint density at radius 1 is 1.21 bits per heavy atom. The number of halogens is 2. The minimum atomic E-state index is -0.0426. The molecule has 0 saturated heterocycles. The summed E-state index contributed by atoms with van der Waals surface area (Å²) in [6.45, 7) is 4.14. The number of aliphatic hydroxyl groups excluding tert-OH is 1. The van der Waals surface area contributed by atoms with Crippen LogP contribution in [0.1, 0.15) is 18.1 Å². The first-order chi connectivity index (χ1) is 13.6. The maximum atomic E-state index is 8.91. The third-order valence-electron chi connectivity index (χ3n) is 4.05. The summed E-state index contributed by atoms with van der Waals surface area (Å²) in [5.74, 6) is 2.02. The molecule has 8 heteroatoms. The normalized spacial score (nSPS) is 10.9. The monoisotopic (exact) mass is 533 g/mol. The molecule has 29 heavy (non-hydrogen) atoms. The first kappa shape index (κ1) is 25.3. The second kappa shape index (κ2) is 13.5. The van der Waals surface area contributed by atoms with Gasteiger partial charge in [-0.3, -0.25) is 0 Å². The third kappa shape index (κ3) is 7.91. The number of hydrogen-bond acceptors (Lipinski definition) is 4. The summed E-state index contributed by atoms with van der Waals surface area (Å²) in [6.07, 6.45) is 0. The van der Waals surface area contributed by atoms with Crippen LogP contribution in [0.2, 0.25) is 5.02 Å². The molecule has 2 rings (SSSR count). The zero-order chi connectivity index (χ0) is 20.4. The lowest BCUT2D eigenvalue weighted by molar-refractivity contribution is 0.196. The van der Waals surface area contributed by atoms with E-state index in [-0.39, 0.29) is 37.2 Å². The lowest BCUT2D eigenvalue weighted by Crippen LogP contribution is -2.38. The number of hydrogen-bond donors (Lipinski definition) is 2. The Kier molecular flexibility index (Phi) is 11.8. The molecule has 0 aromatic heterocycles. The minimum Gasteiger partial charge on any atom is -0.493 e. The van der Waals surface area contributed by atoms with Crippen LogP contribution >= 0.6 is 35.6 Å². The number of benzene rings is 2. The maximum Gasteiger partial charge on any atom is 0.194 e. The van der Waals surface area contributed by atoms with Gasteiger partial charge in [0.15, 0.2) is 17.5 Å². The van der Waals surface area contributed by atoms with Crippen molar-refractivity contribution in [2.45, 2.75) is 20.0 Å². The molecule has 0 spiro atoms. The molecule has 0 aliphatic rings. The van der Waals surface area contributed by atoms with Gasteiger partial charge in [0.1, 0.15) is 6.61 Å². The molecule has 0 radical (unpaired) electrons. The number of nitrogens with one attached hydrogen (secondary N) is 1. The first-order valence-corrected chi connectivity index (χ1v) is 9.60. The van der Waals surface area contributed by atoms with Gasteiger partial charge in [0.2, 0.25) is 0 Å². The highest BCUT2D eigenvalue weighted by molar-refractivity contribution is 14.0. The van der Waals surface area contributed by atoms with Crippen molar-refractivity contribution in [3.05, 3.63) is 58.6 Å². The van der Waals surface area contributed by atoms with Gasteiger partial charge in [0.25, 0.3) is 0 Å². The number of aliphatic hydroxyl groups is 1. The predicted molar refractivity (Wildman–Crippen MR) is 129 cm³/mol. The van der Waals surface area contributed by atoms with E-state index in [1.54, 1.807) is 7.11 Å². The minimum absolute atomic E-state index is 0. The van der Waals surface area contributed by atoms with Crippen LogP contribution in [0.4, 0.5) is 0 Å². The second-order valence-electron chi connectivity index (χ2n) is 6.17. The van der Waals surface area contributed by atoms with Crippen molar-refractivity contribution in [3.8, 4) is 11.5 Å². The second-order valence-corrected chi connectivity index (χ2v) is 6.58. The summed E-state index contributed by atoms with van der Waals surface area (Å²) in [7, 11) is 3.58. The molecule has 160 valence electrons. The van der Waals surface area contributed by atoms with Gasteiger partial charge in [-0.15, -0.1) is 24.0 Å². The van der Waals surface area contributed by atoms with E-state index >= 15 is 0 Å². The largest absolute Gasteiger partial charge is 0.493 e. The highest BCUT2D eigenvalue weighted by Gasteiger charge is 2.10. The summed E-state index contributed by atoms with van der Waals surface area (Å²) < 4.78 is 10.8. The molecule has 0 amide bonds. The van der Waals surface area contributed by atoms with Crippen LogP contribution in [0, 0.1) is 0 Å². The smallest absolute Gasteiger partial charge is 0.194 e. The number of nitrogens with zero attached hydrogens (tertiary/aromatic N) is 2. The molecule has 0 fully saturated rings. The van der Waals surface area contributed by atoms with Crippen LogP contribution in [0.3, 0.4) is 0 Å². The Labute approximate surface area is 194 Å². The Bertz CT molecular complexity index is 790. The Morgan fingerprint density at radius 2 is 1.97 bits per heavy atom. The number of rotatable bonds is 9. The van der Waals surface area contributed by atoms with E-state index in [0.29, 0.717) is 24.6 Å². The van der Waals surface area contributed by atoms with E-state index in [4.69, 9.17) is 31.2 Å². The van der Waals surface area contributed by atoms with E-state index in [2.05, 4.69) is 5.32 Å². The standard InChI is InChI=1S/C21H28ClN3O3.HI/c1-4-23-21(25(2)15-17-7-5-6-8-18(17)22)24-14-16-9-10-19(28-12-11-26)20(13-16)27-3;/h5-10,13,26H,4,11-12,14-15H2,1-3H3,(H,23,24);1H. The zero-order valence-electron chi connectivity index (χ0n) is 17.0. The van der Waals surface area contributed by atoms with Crippen molar-refractivity contribution >= 4 is 41.5 Å². The molecular weight excluding hydrogens is 505 g/mol. The predicted octanol–water partition coefficient (Wildman–Crippen LogP) is 3.94. The van der Waals surface area contributed by atoms with E-state index in [0.717, 1.165) is 28.7 Å². The Hall–Kier alpha value is -1.71. The molecule has 2 aromatic rings. The molecule has 6 nitrogen and oxygen atoms in total. The van der Waals surface area contributed by atoms with Gasteiger partial charge in [-0.05, 0) is 36.2 Å². The molecule has 0 aliphatic carbocycles. The lowest BCUT2D eigenvalue weighted by Gasteiger charge is -2.22. The number of methoxy groups -OCH3 is 1. The van der Waals surface area contributed by atoms with Gasteiger partial charge in [-0.25, -0.2) is 4.99 Å². The molecule has 0 atom stereocenters. The van der Waals surface area contributed by atoms with Gasteiger partial charge in [0, 0.05) is 25.2 Å². The topological polar surface area (TPSA) is 66.3 Å². The molecule has 0 aliphatic heterocycles. The number of guanidine groups is 1. The quantitative estimate of drug-likeness (QED) is 0.290. The highest BCUT2D eigenvalue weighted by Crippen LogP contribution is 2.28. The van der Waals surface area contributed by atoms with E-state index in [1.165, 1.54) is 0 Å². The zero-order valence-corrected chi connectivity index (χ0v) is 20.1. The molecule has 0 bridgehead atoms. The summed E-state index contributed by atoms with van der Waals surface area (Å²) >= 11 is 6.28. The van der Waals surface area contributed by atoms with Gasteiger partial charge in [-0.1, -0.05) is 35.9 Å². The van der Waals surface area contributed by atoms with Gasteiger partial charge in [-0.2, -0.15) is 0 Å². The molecule has 0 saturated carbocycles. The van der Waals surface area contributed by atoms with E-state index < -0.39 is 0 Å². The fourth-order valence-corrected chi connectivity index (χ4v) is 2.87. The van der Waals surface area contributed by atoms with Gasteiger partial charge in [0.05, 0.1) is 20.3 Å². The molecule has 2 aromatic carbocycles. The summed E-state index contributed by atoms with van der Waals surface area (Å²) in [6, 6.07) is 13.5. The molecule has 0 heterocycles. The molecular formula is C21H29ClIN3O3. The van der Waals surface area contributed by atoms with Crippen LogP contribution in [-0.4, -0.2) is 49.9 Å². The highest BCUT2D eigenvalue weighted by atomic mass is 127. The first-order valence-electron chi connectivity index (χ1n) is 9.22. The molecule has 2 N–H and O–H groups in total. The van der Waals surface area contributed by atoms with Crippen molar-refractivity contribution in [1.82, 2.24) is 10.2 Å². The van der Waals surface area contributed by atoms with E-state index in [1.807, 2.05) is 61.3 Å². The van der Waals surface area contributed by atoms with Gasteiger partial charge < -0.3 is 24.8 Å². The maximum absolute atomic E-state index is 8.91. The van der Waals surface area contributed by atoms with Gasteiger partial charge >= 0.3 is 0 Å². The number of aliphatic imine (C=N–C) groups is 1. The summed E-state index contributed by atoms with van der Waals surface area (Å²) in [4.78, 5) is 6.77. The fourth-order valence-electron chi connectivity index (χ4n) is 2.68. The lowest BCUT2D eigenvalue weighted by atomic mass is 10.2. The average Bonchev–Trinajstić information content (AvgIpc) is 2.71. The third-order valence-corrected chi connectivity index (χ3v) is 4.42. The van der Waals surface area contributed by atoms with Crippen molar-refractivity contribution < 1.29 is 14.6 Å². The van der Waals surface area contributed by atoms with Crippen molar-refractivity contribution in [3.63, 3.8) is 0 Å². The molecule has 0 unspecified atom stereocenters. The van der Waals surface area contributed by atoms with E-state index in [9.17, 15) is 0 Å². The number of ether oxygens (including phenoxy) is 2. The van der Waals surface area contributed by atoms with Crippen LogP contribution < -0.4 is 14.8 Å². The van der Waals surface area contributed by atoms with Crippen molar-refractivity contribution in [1.29, 1.82) is 0 Å².